The summed E-state index contributed by atoms with van der Waals surface area (Å²) in [5.74, 6) is -0.381. The molecule has 1 aliphatic rings. The first-order chi connectivity index (χ1) is 15.5. The number of nitrogens with zero attached hydrogens (tertiary/aromatic N) is 3. The number of amides is 1. The highest BCUT2D eigenvalue weighted by Gasteiger charge is 2.27. The number of rotatable bonds is 4. The Morgan fingerprint density at radius 3 is 2.44 bits per heavy atom. The van der Waals surface area contributed by atoms with Crippen LogP contribution in [0.25, 0.3) is 21.0 Å². The molecule has 8 heteroatoms. The van der Waals surface area contributed by atoms with Crippen LogP contribution >= 0.6 is 11.3 Å². The minimum Gasteiger partial charge on any atom is -0.317 e. The molecular weight excluding hydrogens is 442 g/mol. The van der Waals surface area contributed by atoms with E-state index in [9.17, 15) is 13.2 Å². The van der Waals surface area contributed by atoms with Crippen LogP contribution in [0.1, 0.15) is 30.1 Å². The lowest BCUT2D eigenvalue weighted by Crippen LogP contribution is -2.27. The van der Waals surface area contributed by atoms with Gasteiger partial charge in [-0.1, -0.05) is 41.7 Å². The van der Waals surface area contributed by atoms with Gasteiger partial charge < -0.3 is 4.57 Å². The molecule has 164 valence electrons. The number of carbonyl (C=O) groups is 1. The van der Waals surface area contributed by atoms with Crippen LogP contribution in [0.4, 0.5) is 0 Å². The number of thiazole rings is 1. The summed E-state index contributed by atoms with van der Waals surface area (Å²) >= 11 is 1.50. The first kappa shape index (κ1) is 21.1. The first-order valence-electron chi connectivity index (χ1n) is 10.7. The number of hydrogen-bond acceptors (Lipinski definition) is 4. The molecule has 5 rings (SSSR count). The summed E-state index contributed by atoms with van der Waals surface area (Å²) in [5.41, 5.74) is 1.42. The summed E-state index contributed by atoms with van der Waals surface area (Å²) in [6, 6.07) is 18.4. The Morgan fingerprint density at radius 1 is 1.00 bits per heavy atom. The molecule has 1 amide bonds. The van der Waals surface area contributed by atoms with Crippen molar-refractivity contribution < 1.29 is 13.2 Å². The number of carbonyl (C=O) groups excluding carboxylic acids is 1. The fourth-order valence-electron chi connectivity index (χ4n) is 4.19. The summed E-state index contributed by atoms with van der Waals surface area (Å²) in [6.45, 7) is 3.83. The van der Waals surface area contributed by atoms with Crippen LogP contribution in [0.2, 0.25) is 0 Å². The van der Waals surface area contributed by atoms with Crippen molar-refractivity contribution in [3.8, 4) is 0 Å². The third-order valence-electron chi connectivity index (χ3n) is 5.89. The molecule has 4 aromatic rings. The van der Waals surface area contributed by atoms with Gasteiger partial charge in [-0.15, -0.1) is 0 Å². The Hall–Kier alpha value is -2.81. The molecule has 2 heterocycles. The van der Waals surface area contributed by atoms with Gasteiger partial charge in [-0.3, -0.25) is 4.79 Å². The molecule has 0 unspecified atom stereocenters. The third-order valence-corrected chi connectivity index (χ3v) is 8.93. The fourth-order valence-corrected chi connectivity index (χ4v) is 6.93. The monoisotopic (exact) mass is 465 g/mol. The van der Waals surface area contributed by atoms with Crippen molar-refractivity contribution >= 4 is 48.3 Å². The number of benzene rings is 3. The Labute approximate surface area is 190 Å². The lowest BCUT2D eigenvalue weighted by molar-refractivity contribution is 0.0997. The molecule has 1 aliphatic heterocycles. The standard InChI is InChI=1S/C24H23N3O3S2/c1-2-27-21-14-11-17-7-3-4-8-20(17)22(21)31-24(27)25-23(28)18-9-12-19(13-10-18)32(29,30)26-15-5-6-16-26/h3-4,7-14H,2,5-6,15-16H2,1H3. The van der Waals surface area contributed by atoms with Gasteiger partial charge in [0.2, 0.25) is 10.0 Å². The highest BCUT2D eigenvalue weighted by atomic mass is 32.2. The summed E-state index contributed by atoms with van der Waals surface area (Å²) in [7, 11) is -3.50. The lowest BCUT2D eigenvalue weighted by atomic mass is 10.1. The molecule has 0 saturated carbocycles. The zero-order valence-corrected chi connectivity index (χ0v) is 19.3. The second-order valence-electron chi connectivity index (χ2n) is 7.82. The summed E-state index contributed by atoms with van der Waals surface area (Å²) in [4.78, 5) is 18.2. The minimum absolute atomic E-state index is 0.216. The lowest BCUT2D eigenvalue weighted by Gasteiger charge is -2.15. The highest BCUT2D eigenvalue weighted by molar-refractivity contribution is 7.89. The average Bonchev–Trinajstić information content (AvgIpc) is 3.47. The smallest absolute Gasteiger partial charge is 0.279 e. The van der Waals surface area contributed by atoms with Crippen molar-refractivity contribution in [3.05, 3.63) is 71.0 Å². The quantitative estimate of drug-likeness (QED) is 0.448. The van der Waals surface area contributed by atoms with Gasteiger partial charge in [0, 0.05) is 30.6 Å². The maximum Gasteiger partial charge on any atom is 0.279 e. The van der Waals surface area contributed by atoms with E-state index < -0.39 is 10.0 Å². The van der Waals surface area contributed by atoms with Crippen molar-refractivity contribution in [1.29, 1.82) is 0 Å². The van der Waals surface area contributed by atoms with Gasteiger partial charge in [0.25, 0.3) is 5.91 Å². The predicted molar refractivity (Wildman–Crippen MR) is 127 cm³/mol. The van der Waals surface area contributed by atoms with Gasteiger partial charge in [-0.05, 0) is 55.5 Å². The number of sulfonamides is 1. The van der Waals surface area contributed by atoms with E-state index >= 15 is 0 Å². The molecule has 0 bridgehead atoms. The van der Waals surface area contributed by atoms with Gasteiger partial charge in [0.1, 0.15) is 0 Å². The maximum atomic E-state index is 12.9. The van der Waals surface area contributed by atoms with Crippen molar-refractivity contribution in [2.45, 2.75) is 31.2 Å². The average molecular weight is 466 g/mol. The maximum absolute atomic E-state index is 12.9. The molecule has 1 aromatic heterocycles. The Balaban J connectivity index is 1.52. The number of fused-ring (bicyclic) bond motifs is 3. The normalized spacial score (nSPS) is 15.7. The fraction of sp³-hybridized carbons (Fsp3) is 0.250. The summed E-state index contributed by atoms with van der Waals surface area (Å²) < 4.78 is 30.1. The van der Waals surface area contributed by atoms with Crippen LogP contribution in [0.15, 0.2) is 70.6 Å². The zero-order chi connectivity index (χ0) is 22.3. The second kappa shape index (κ2) is 8.27. The molecule has 6 nitrogen and oxygen atoms in total. The molecule has 3 aromatic carbocycles. The molecule has 1 fully saturated rings. The van der Waals surface area contributed by atoms with Crippen LogP contribution in [0, 0.1) is 0 Å². The van der Waals surface area contributed by atoms with Crippen LogP contribution in [-0.2, 0) is 16.6 Å². The molecule has 0 atom stereocenters. The number of aryl methyl sites for hydroxylation is 1. The van der Waals surface area contributed by atoms with E-state index in [0.717, 1.165) is 33.8 Å². The molecule has 0 radical (unpaired) electrons. The molecule has 32 heavy (non-hydrogen) atoms. The Bertz CT molecular complexity index is 1490. The first-order valence-corrected chi connectivity index (χ1v) is 12.9. The van der Waals surface area contributed by atoms with E-state index in [1.165, 1.54) is 27.8 Å². The molecule has 0 N–H and O–H groups in total. The van der Waals surface area contributed by atoms with E-state index in [4.69, 9.17) is 0 Å². The predicted octanol–water partition coefficient (Wildman–Crippen LogP) is 4.40. The van der Waals surface area contributed by atoms with Crippen LogP contribution < -0.4 is 4.80 Å². The molecular formula is C24H23N3O3S2. The van der Waals surface area contributed by atoms with E-state index in [1.54, 1.807) is 12.1 Å². The molecule has 1 saturated heterocycles. The van der Waals surface area contributed by atoms with Crippen molar-refractivity contribution in [3.63, 3.8) is 0 Å². The van der Waals surface area contributed by atoms with Crippen LogP contribution in [0.5, 0.6) is 0 Å². The highest BCUT2D eigenvalue weighted by Crippen LogP contribution is 2.27. The largest absolute Gasteiger partial charge is 0.317 e. The SMILES string of the molecule is CCn1c(=NC(=O)c2ccc(S(=O)(=O)N3CCCC3)cc2)sc2c3ccccc3ccc21. The number of hydrogen-bond donors (Lipinski definition) is 0. The Kier molecular flexibility index (Phi) is 5.44. The van der Waals surface area contributed by atoms with Gasteiger partial charge in [-0.2, -0.15) is 9.30 Å². The van der Waals surface area contributed by atoms with Gasteiger partial charge >= 0.3 is 0 Å². The van der Waals surface area contributed by atoms with Crippen molar-refractivity contribution in [1.82, 2.24) is 8.87 Å². The Morgan fingerprint density at radius 2 is 1.72 bits per heavy atom. The summed E-state index contributed by atoms with van der Waals surface area (Å²) in [6.07, 6.45) is 1.77. The second-order valence-corrected chi connectivity index (χ2v) is 10.7. The van der Waals surface area contributed by atoms with Crippen LogP contribution in [0.3, 0.4) is 0 Å². The van der Waals surface area contributed by atoms with Crippen LogP contribution in [-0.4, -0.2) is 36.3 Å². The molecule has 0 aliphatic carbocycles. The van der Waals surface area contributed by atoms with Crippen molar-refractivity contribution in [2.75, 3.05) is 13.1 Å². The zero-order valence-electron chi connectivity index (χ0n) is 17.7. The van der Waals surface area contributed by atoms with Gasteiger partial charge in [0.15, 0.2) is 4.80 Å². The van der Waals surface area contributed by atoms with Gasteiger partial charge in [-0.25, -0.2) is 8.42 Å². The minimum atomic E-state index is -3.50. The van der Waals surface area contributed by atoms with Gasteiger partial charge in [0.05, 0.1) is 15.1 Å². The summed E-state index contributed by atoms with van der Waals surface area (Å²) in [5, 5.41) is 2.29. The number of aromatic nitrogens is 1. The van der Waals surface area contributed by atoms with E-state index in [2.05, 4.69) is 29.3 Å². The topological polar surface area (TPSA) is 71.7 Å². The van der Waals surface area contributed by atoms with E-state index in [1.807, 2.05) is 23.6 Å². The van der Waals surface area contributed by atoms with E-state index in [0.29, 0.717) is 30.0 Å². The van der Waals surface area contributed by atoms with E-state index in [-0.39, 0.29) is 10.8 Å². The molecule has 0 spiro atoms. The third kappa shape index (κ3) is 3.58. The van der Waals surface area contributed by atoms with Crippen molar-refractivity contribution in [2.24, 2.45) is 4.99 Å².